The summed E-state index contributed by atoms with van der Waals surface area (Å²) in [5.41, 5.74) is 1.16. The SMILES string of the molecule is Cc1ccnc(-c2[n-]nc(F)c2F)c1.Fc1c[c-]c(-n2cccn2)c(F)c1.[Ir]. The van der Waals surface area contributed by atoms with Crippen molar-refractivity contribution in [1.82, 2.24) is 25.0 Å². The van der Waals surface area contributed by atoms with E-state index in [-0.39, 0.29) is 31.5 Å². The second-order valence-electron chi connectivity index (χ2n) is 5.34. The summed E-state index contributed by atoms with van der Waals surface area (Å²) in [5.74, 6) is -3.57. The summed E-state index contributed by atoms with van der Waals surface area (Å²) in [6.07, 6.45) is 4.58. The van der Waals surface area contributed by atoms with Crippen LogP contribution in [-0.2, 0) is 20.1 Å². The molecule has 3 heterocycles. The predicted molar refractivity (Wildman–Crippen MR) is 87.8 cm³/mol. The first-order valence-corrected chi connectivity index (χ1v) is 7.60. The van der Waals surface area contributed by atoms with Gasteiger partial charge in [-0.15, -0.1) is 12.1 Å². The van der Waals surface area contributed by atoms with Crippen molar-refractivity contribution in [1.29, 1.82) is 0 Å². The summed E-state index contributed by atoms with van der Waals surface area (Å²) in [6, 6.07) is 9.35. The Hall–Kier alpha value is -2.84. The second kappa shape index (κ2) is 9.38. The number of benzene rings is 1. The van der Waals surface area contributed by atoms with Crippen molar-refractivity contribution in [2.75, 3.05) is 0 Å². The molecule has 147 valence electrons. The normalized spacial score (nSPS) is 10.0. The number of aryl methyl sites for hydroxylation is 1. The maximum absolute atomic E-state index is 13.1. The molecule has 3 aromatic heterocycles. The van der Waals surface area contributed by atoms with Crippen molar-refractivity contribution >= 4 is 0 Å². The maximum Gasteiger partial charge on any atom is 0.229 e. The molecule has 28 heavy (non-hydrogen) atoms. The molecule has 0 amide bonds. The number of pyridine rings is 1. The molecule has 4 rings (SSSR count). The summed E-state index contributed by atoms with van der Waals surface area (Å²) >= 11 is 0. The van der Waals surface area contributed by atoms with Crippen LogP contribution in [0.25, 0.3) is 17.1 Å². The molecule has 0 aliphatic heterocycles. The Morgan fingerprint density at radius 3 is 2.46 bits per heavy atom. The maximum atomic E-state index is 13.1. The van der Waals surface area contributed by atoms with Gasteiger partial charge in [0, 0.05) is 50.3 Å². The standard InChI is InChI=1S/C9H6F2N3.C9H5F2N2.Ir/c1-5-2-3-12-6(4-5)8-7(10)9(11)14-13-8;10-7-2-3-9(8(11)6-7)13-5-1-4-12-13;/h2-4H,1H3;1-2,4-6H;/q2*-1;. The van der Waals surface area contributed by atoms with Gasteiger partial charge in [0.2, 0.25) is 5.95 Å². The zero-order valence-corrected chi connectivity index (χ0v) is 16.6. The molecule has 0 aliphatic rings. The Morgan fingerprint density at radius 1 is 1.11 bits per heavy atom. The van der Waals surface area contributed by atoms with Gasteiger partial charge in [-0.25, -0.2) is 4.39 Å². The number of aromatic nitrogens is 5. The third-order valence-electron chi connectivity index (χ3n) is 3.36. The van der Waals surface area contributed by atoms with Crippen LogP contribution < -0.4 is 5.10 Å². The van der Waals surface area contributed by atoms with Crippen LogP contribution in [0.5, 0.6) is 0 Å². The molecule has 1 radical (unpaired) electrons. The van der Waals surface area contributed by atoms with Crippen LogP contribution >= 0.6 is 0 Å². The fourth-order valence-corrected chi connectivity index (χ4v) is 2.12. The molecule has 10 heteroatoms. The van der Waals surface area contributed by atoms with Gasteiger partial charge in [-0.05, 0) is 36.4 Å². The number of nitrogens with zero attached hydrogens (tertiary/aromatic N) is 5. The smallest absolute Gasteiger partial charge is 0.229 e. The van der Waals surface area contributed by atoms with Crippen molar-refractivity contribution < 1.29 is 37.7 Å². The van der Waals surface area contributed by atoms with Crippen LogP contribution in [0, 0.1) is 36.4 Å². The molecule has 0 unspecified atom stereocenters. The van der Waals surface area contributed by atoms with E-state index in [0.717, 1.165) is 17.7 Å². The molecule has 0 spiro atoms. The Labute approximate surface area is 170 Å². The van der Waals surface area contributed by atoms with Crippen molar-refractivity contribution in [3.05, 3.63) is 84.0 Å². The van der Waals surface area contributed by atoms with Crippen LogP contribution in [-0.4, -0.2) is 19.9 Å². The van der Waals surface area contributed by atoms with Gasteiger partial charge in [-0.2, -0.15) is 15.6 Å². The molecule has 0 atom stereocenters. The van der Waals surface area contributed by atoms with Crippen LogP contribution in [0.1, 0.15) is 5.56 Å². The van der Waals surface area contributed by atoms with Crippen molar-refractivity contribution in [3.63, 3.8) is 0 Å². The zero-order chi connectivity index (χ0) is 19.4. The van der Waals surface area contributed by atoms with Gasteiger partial charge in [-0.3, -0.25) is 18.4 Å². The summed E-state index contributed by atoms with van der Waals surface area (Å²) in [4.78, 5) is 3.87. The van der Waals surface area contributed by atoms with E-state index in [0.29, 0.717) is 5.69 Å². The van der Waals surface area contributed by atoms with Crippen LogP contribution in [0.2, 0.25) is 0 Å². The van der Waals surface area contributed by atoms with Crippen molar-refractivity contribution in [3.8, 4) is 17.1 Å². The zero-order valence-electron chi connectivity index (χ0n) is 14.2. The summed E-state index contributed by atoms with van der Waals surface area (Å²) in [6.45, 7) is 1.83. The van der Waals surface area contributed by atoms with Gasteiger partial charge < -0.3 is 10.2 Å². The number of halogens is 4. The minimum atomic E-state index is -1.19. The molecule has 0 saturated heterocycles. The largest absolute Gasteiger partial charge is 0.569 e. The van der Waals surface area contributed by atoms with Crippen LogP contribution in [0.15, 0.2) is 48.9 Å². The van der Waals surface area contributed by atoms with Gasteiger partial charge >= 0.3 is 0 Å². The topological polar surface area (TPSA) is 57.7 Å². The molecule has 5 nitrogen and oxygen atoms in total. The van der Waals surface area contributed by atoms with E-state index < -0.39 is 23.4 Å². The molecule has 4 aromatic rings. The Kier molecular flexibility index (Phi) is 7.19. The summed E-state index contributed by atoms with van der Waals surface area (Å²) in [5, 5.41) is 10.2. The molecular weight excluding hydrogens is 554 g/mol. The van der Waals surface area contributed by atoms with E-state index in [1.165, 1.54) is 17.1 Å². The van der Waals surface area contributed by atoms with E-state index in [2.05, 4.69) is 26.3 Å². The minimum absolute atomic E-state index is 0. The number of hydrogen-bond donors (Lipinski definition) is 0. The fraction of sp³-hybridized carbons (Fsp3) is 0.0556. The van der Waals surface area contributed by atoms with E-state index in [1.807, 2.05) is 6.92 Å². The third-order valence-corrected chi connectivity index (χ3v) is 3.36. The Balaban J connectivity index is 0.000000194. The van der Waals surface area contributed by atoms with E-state index >= 15 is 0 Å². The van der Waals surface area contributed by atoms with Gasteiger partial charge in [0.15, 0.2) is 5.82 Å². The molecule has 0 bridgehead atoms. The molecule has 0 N–H and O–H groups in total. The Morgan fingerprint density at radius 2 is 1.89 bits per heavy atom. The number of hydrogen-bond acceptors (Lipinski definition) is 3. The predicted octanol–water partition coefficient (Wildman–Crippen LogP) is 3.64. The fourth-order valence-electron chi connectivity index (χ4n) is 2.12. The summed E-state index contributed by atoms with van der Waals surface area (Å²) < 4.78 is 52.4. The van der Waals surface area contributed by atoms with E-state index in [1.54, 1.807) is 24.4 Å². The van der Waals surface area contributed by atoms with Gasteiger partial charge in [0.05, 0.1) is 5.69 Å². The molecule has 0 saturated carbocycles. The van der Waals surface area contributed by atoms with Crippen molar-refractivity contribution in [2.45, 2.75) is 6.92 Å². The van der Waals surface area contributed by atoms with Gasteiger partial charge in [0.1, 0.15) is 0 Å². The molecule has 1 aromatic carbocycles. The Bertz CT molecular complexity index is 1050. The molecular formula is C18H11F4IrN5-2. The van der Waals surface area contributed by atoms with E-state index in [9.17, 15) is 17.6 Å². The minimum Gasteiger partial charge on any atom is -0.569 e. The van der Waals surface area contributed by atoms with Crippen molar-refractivity contribution in [2.24, 2.45) is 0 Å². The molecule has 0 aliphatic carbocycles. The van der Waals surface area contributed by atoms with E-state index in [4.69, 9.17) is 0 Å². The monoisotopic (exact) mass is 566 g/mol. The number of rotatable bonds is 2. The first-order chi connectivity index (χ1) is 13.0. The van der Waals surface area contributed by atoms with Gasteiger partial charge in [-0.1, -0.05) is 5.69 Å². The average Bonchev–Trinajstić information content (AvgIpc) is 3.27. The second-order valence-corrected chi connectivity index (χ2v) is 5.34. The van der Waals surface area contributed by atoms with Gasteiger partial charge in [0.25, 0.3) is 0 Å². The van der Waals surface area contributed by atoms with Crippen LogP contribution in [0.4, 0.5) is 17.6 Å². The third kappa shape index (κ3) is 4.90. The summed E-state index contributed by atoms with van der Waals surface area (Å²) in [7, 11) is 0. The van der Waals surface area contributed by atoms with Crippen LogP contribution in [0.3, 0.4) is 0 Å². The quantitative estimate of drug-likeness (QED) is 0.275. The molecule has 0 fully saturated rings. The first-order valence-electron chi connectivity index (χ1n) is 7.60. The average molecular weight is 566 g/mol. The first kappa shape index (κ1) is 21.5.